The first kappa shape index (κ1) is 23.8. The van der Waals surface area contributed by atoms with E-state index < -0.39 is 0 Å². The fourth-order valence-electron chi connectivity index (χ4n) is 5.43. The number of urea groups is 1. The number of furan rings is 1. The van der Waals surface area contributed by atoms with E-state index in [-0.39, 0.29) is 18.1 Å². The van der Waals surface area contributed by atoms with E-state index in [4.69, 9.17) is 13.9 Å². The van der Waals surface area contributed by atoms with Crippen LogP contribution in [0.2, 0.25) is 0 Å². The van der Waals surface area contributed by atoms with Crippen LogP contribution in [0.15, 0.2) is 22.8 Å². The van der Waals surface area contributed by atoms with Gasteiger partial charge in [0.25, 0.3) is 0 Å². The lowest BCUT2D eigenvalue weighted by molar-refractivity contribution is 0.0271. The van der Waals surface area contributed by atoms with Crippen LogP contribution in [0.5, 0.6) is 0 Å². The second-order valence-corrected chi connectivity index (χ2v) is 11.8. The largest absolute Gasteiger partial charge is 0.464 e. The van der Waals surface area contributed by atoms with E-state index in [0.29, 0.717) is 36.7 Å². The minimum Gasteiger partial charge on any atom is -0.464 e. The molecule has 1 unspecified atom stereocenters. The number of aryl methyl sites for hydroxylation is 2. The lowest BCUT2D eigenvalue weighted by atomic mass is 9.94. The fourth-order valence-corrected chi connectivity index (χ4v) is 8.08. The second kappa shape index (κ2) is 10.4. The van der Waals surface area contributed by atoms with Crippen molar-refractivity contribution in [2.45, 2.75) is 70.4 Å². The predicted molar refractivity (Wildman–Crippen MR) is 140 cm³/mol. The quantitative estimate of drug-likeness (QED) is 0.379. The molecule has 0 saturated carbocycles. The van der Waals surface area contributed by atoms with Gasteiger partial charge in [0.15, 0.2) is 0 Å². The normalized spacial score (nSPS) is 18.9. The highest BCUT2D eigenvalue weighted by Gasteiger charge is 2.30. The van der Waals surface area contributed by atoms with Crippen molar-refractivity contribution < 1.29 is 23.5 Å². The number of hydrogen-bond acceptors (Lipinski definition) is 7. The Kier molecular flexibility index (Phi) is 6.86. The molecule has 1 atom stereocenters. The van der Waals surface area contributed by atoms with Crippen molar-refractivity contribution in [2.75, 3.05) is 18.5 Å². The Labute approximate surface area is 218 Å². The van der Waals surface area contributed by atoms with Gasteiger partial charge in [0.05, 0.1) is 29.9 Å². The Morgan fingerprint density at radius 2 is 1.81 bits per heavy atom. The van der Waals surface area contributed by atoms with Crippen LogP contribution >= 0.6 is 22.7 Å². The first-order valence-electron chi connectivity index (χ1n) is 12.8. The van der Waals surface area contributed by atoms with Crippen LogP contribution < -0.4 is 10.6 Å². The summed E-state index contributed by atoms with van der Waals surface area (Å²) in [5.74, 6) is 0.491. The molecule has 2 N–H and O–H groups in total. The minimum atomic E-state index is -0.354. The number of nitrogens with one attached hydrogen (secondary N) is 2. The van der Waals surface area contributed by atoms with Crippen LogP contribution in [0.3, 0.4) is 0 Å². The summed E-state index contributed by atoms with van der Waals surface area (Å²) in [5.41, 5.74) is 4.07. The van der Waals surface area contributed by atoms with Crippen LogP contribution in [0, 0.1) is 0 Å². The van der Waals surface area contributed by atoms with E-state index in [9.17, 15) is 9.59 Å². The summed E-state index contributed by atoms with van der Waals surface area (Å²) in [5, 5.41) is 6.63. The zero-order chi connectivity index (χ0) is 24.5. The number of anilines is 1. The molecule has 1 fully saturated rings. The van der Waals surface area contributed by atoms with Crippen molar-refractivity contribution >= 4 is 39.7 Å². The van der Waals surface area contributed by atoms with E-state index >= 15 is 0 Å². The number of carbonyl (C=O) groups is 2. The van der Waals surface area contributed by atoms with Crippen molar-refractivity contribution in [3.8, 4) is 10.6 Å². The highest BCUT2D eigenvalue weighted by molar-refractivity contribution is 7.17. The summed E-state index contributed by atoms with van der Waals surface area (Å²) in [4.78, 5) is 29.9. The first-order valence-corrected chi connectivity index (χ1v) is 14.5. The average molecular weight is 527 g/mol. The van der Waals surface area contributed by atoms with E-state index in [1.165, 1.54) is 39.5 Å². The second-order valence-electron chi connectivity index (χ2n) is 9.61. The molecule has 9 heteroatoms. The summed E-state index contributed by atoms with van der Waals surface area (Å²) in [7, 11) is 0. The highest BCUT2D eigenvalue weighted by atomic mass is 32.1. The Morgan fingerprint density at radius 1 is 1.03 bits per heavy atom. The van der Waals surface area contributed by atoms with Gasteiger partial charge in [0.1, 0.15) is 16.9 Å². The first-order chi connectivity index (χ1) is 17.7. The third-order valence-electron chi connectivity index (χ3n) is 7.22. The topological polar surface area (TPSA) is 89.8 Å². The summed E-state index contributed by atoms with van der Waals surface area (Å²) in [6, 6.07) is 3.56. The van der Waals surface area contributed by atoms with Crippen LogP contribution in [0.4, 0.5) is 9.80 Å². The van der Waals surface area contributed by atoms with Crippen LogP contribution in [0.25, 0.3) is 10.6 Å². The van der Waals surface area contributed by atoms with Crippen LogP contribution in [-0.4, -0.2) is 31.3 Å². The number of fused-ring (bicyclic) bond motifs is 2. The molecule has 4 heterocycles. The molecule has 3 aromatic rings. The van der Waals surface area contributed by atoms with Crippen LogP contribution in [-0.2, 0) is 41.7 Å². The van der Waals surface area contributed by atoms with E-state index in [1.807, 2.05) is 12.1 Å². The van der Waals surface area contributed by atoms with E-state index in [1.54, 1.807) is 17.6 Å². The number of carbonyl (C=O) groups excluding carboxylic acids is 2. The molecule has 7 nitrogen and oxygen atoms in total. The van der Waals surface area contributed by atoms with Gasteiger partial charge in [-0.15, -0.1) is 22.7 Å². The Hall–Kier alpha value is -2.62. The van der Waals surface area contributed by atoms with E-state index in [0.717, 1.165) is 60.3 Å². The van der Waals surface area contributed by atoms with Gasteiger partial charge in [-0.25, -0.2) is 9.59 Å². The molecule has 6 rings (SSSR count). The number of esters is 1. The Balaban J connectivity index is 1.21. The number of hydrogen-bond donors (Lipinski definition) is 2. The third-order valence-corrected chi connectivity index (χ3v) is 9.77. The zero-order valence-corrected chi connectivity index (χ0v) is 21.8. The van der Waals surface area contributed by atoms with E-state index in [2.05, 4.69) is 10.6 Å². The molecule has 190 valence electrons. The monoisotopic (exact) mass is 526 g/mol. The molecule has 0 radical (unpaired) electrons. The molecule has 0 spiro atoms. The summed E-state index contributed by atoms with van der Waals surface area (Å²) in [6.07, 6.45) is 10.6. The molecule has 3 aliphatic rings. The standard InChI is InChI=1S/C27H30N2O5S2/c30-26(34-16-11-13-32-15-16)23-18-7-2-4-10-22(18)36-25(23)29-27(31)28-14-19-17-6-1-3-9-21(17)35-24(19)20-8-5-12-33-20/h5,8,12,16H,1-4,6-7,9-11,13-15H2,(H2,28,29,31). The lowest BCUT2D eigenvalue weighted by Gasteiger charge is -2.15. The van der Waals surface area contributed by atoms with Crippen molar-refractivity contribution in [2.24, 2.45) is 0 Å². The Morgan fingerprint density at radius 3 is 2.56 bits per heavy atom. The summed E-state index contributed by atoms with van der Waals surface area (Å²) >= 11 is 3.29. The van der Waals surface area contributed by atoms with Crippen molar-refractivity contribution in [1.82, 2.24) is 5.32 Å². The van der Waals surface area contributed by atoms with Gasteiger partial charge in [-0.3, -0.25) is 5.32 Å². The SMILES string of the molecule is O=C(NCc1c(-c2ccco2)sc2c1CCCC2)Nc1sc2c(c1C(=O)OC1CCOC1)CCCC2. The Bertz CT molecular complexity index is 1250. The van der Waals surface area contributed by atoms with Gasteiger partial charge in [0, 0.05) is 22.7 Å². The maximum absolute atomic E-state index is 13.2. The molecule has 36 heavy (non-hydrogen) atoms. The molecule has 3 aromatic heterocycles. The number of ether oxygens (including phenoxy) is 2. The van der Waals surface area contributed by atoms with Crippen LogP contribution in [0.1, 0.15) is 68.9 Å². The van der Waals surface area contributed by atoms with Crippen molar-refractivity contribution in [1.29, 1.82) is 0 Å². The number of rotatable bonds is 6. The predicted octanol–water partition coefficient (Wildman–Crippen LogP) is 6.09. The van der Waals surface area contributed by atoms with Gasteiger partial charge in [-0.2, -0.15) is 0 Å². The maximum Gasteiger partial charge on any atom is 0.341 e. The van der Waals surface area contributed by atoms with Gasteiger partial charge < -0.3 is 19.2 Å². The summed E-state index contributed by atoms with van der Waals surface area (Å²) in [6.45, 7) is 1.46. The smallest absolute Gasteiger partial charge is 0.341 e. The fraction of sp³-hybridized carbons (Fsp3) is 0.481. The molecular formula is C27H30N2O5S2. The van der Waals surface area contributed by atoms with Gasteiger partial charge in [-0.1, -0.05) is 0 Å². The zero-order valence-electron chi connectivity index (χ0n) is 20.2. The highest BCUT2D eigenvalue weighted by Crippen LogP contribution is 2.41. The van der Waals surface area contributed by atoms with Gasteiger partial charge in [-0.05, 0) is 80.2 Å². The van der Waals surface area contributed by atoms with Gasteiger partial charge in [0.2, 0.25) is 0 Å². The summed E-state index contributed by atoms with van der Waals surface area (Å²) < 4.78 is 16.8. The third kappa shape index (κ3) is 4.71. The van der Waals surface area contributed by atoms with Crippen molar-refractivity contribution in [3.63, 3.8) is 0 Å². The molecule has 1 aliphatic heterocycles. The molecule has 2 aliphatic carbocycles. The number of thiophene rings is 2. The molecule has 0 bridgehead atoms. The lowest BCUT2D eigenvalue weighted by Crippen LogP contribution is -2.29. The van der Waals surface area contributed by atoms with Gasteiger partial charge >= 0.3 is 12.0 Å². The minimum absolute atomic E-state index is 0.219. The number of amides is 2. The molecule has 1 saturated heterocycles. The molecular weight excluding hydrogens is 496 g/mol. The average Bonchev–Trinajstić information content (AvgIpc) is 3.68. The maximum atomic E-state index is 13.2. The van der Waals surface area contributed by atoms with Crippen molar-refractivity contribution in [3.05, 3.63) is 50.4 Å². The molecule has 2 amide bonds. The molecule has 0 aromatic carbocycles.